The molecular formula is C19H20N2O3S. The number of carbonyl (C=O) groups excluding carboxylic acids is 1. The second-order valence-corrected chi connectivity index (χ2v) is 7.97. The number of amides is 1. The van der Waals surface area contributed by atoms with Crippen LogP contribution >= 0.6 is 11.3 Å². The van der Waals surface area contributed by atoms with Crippen LogP contribution in [0.2, 0.25) is 0 Å². The molecule has 5 nitrogen and oxygen atoms in total. The van der Waals surface area contributed by atoms with Gasteiger partial charge < -0.3 is 10.0 Å². The van der Waals surface area contributed by atoms with E-state index in [0.717, 1.165) is 29.1 Å². The molecule has 1 aliphatic heterocycles. The molecule has 1 N–H and O–H groups in total. The number of hydrogen-bond acceptors (Lipinski definition) is 4. The van der Waals surface area contributed by atoms with Crippen molar-refractivity contribution < 1.29 is 14.7 Å². The first-order chi connectivity index (χ1) is 12.0. The highest BCUT2D eigenvalue weighted by molar-refractivity contribution is 7.13. The van der Waals surface area contributed by atoms with E-state index in [1.807, 2.05) is 30.5 Å². The van der Waals surface area contributed by atoms with Gasteiger partial charge in [0.25, 0.3) is 5.91 Å². The standard InChI is InChI=1S/C19H20N2O3S/c1-12-10-25-16(20-12)13-4-2-5-14(8-13)17(22)21-9-15-6-3-7-19(15,11-21)18(23)24/h2,4-5,8,10,15H,3,6-7,9,11H2,1H3,(H,23,24)/t15-,19+/m0/s1. The zero-order valence-electron chi connectivity index (χ0n) is 14.1. The molecule has 25 heavy (non-hydrogen) atoms. The van der Waals surface area contributed by atoms with Crippen LogP contribution in [0.4, 0.5) is 0 Å². The number of fused-ring (bicyclic) bond motifs is 1. The van der Waals surface area contributed by atoms with E-state index in [0.29, 0.717) is 25.1 Å². The van der Waals surface area contributed by atoms with Gasteiger partial charge in [-0.15, -0.1) is 11.3 Å². The van der Waals surface area contributed by atoms with E-state index in [2.05, 4.69) is 4.98 Å². The number of nitrogens with zero attached hydrogens (tertiary/aromatic N) is 2. The van der Waals surface area contributed by atoms with Crippen LogP contribution in [0.15, 0.2) is 29.6 Å². The average Bonchev–Trinajstić information content (AvgIpc) is 3.28. The summed E-state index contributed by atoms with van der Waals surface area (Å²) in [5.41, 5.74) is 1.76. The fourth-order valence-electron chi connectivity index (χ4n) is 4.25. The van der Waals surface area contributed by atoms with Crippen molar-refractivity contribution in [2.75, 3.05) is 13.1 Å². The van der Waals surface area contributed by atoms with Crippen molar-refractivity contribution in [3.63, 3.8) is 0 Å². The summed E-state index contributed by atoms with van der Waals surface area (Å²) in [6.07, 6.45) is 2.52. The number of thiazole rings is 1. The fraction of sp³-hybridized carbons (Fsp3) is 0.421. The quantitative estimate of drug-likeness (QED) is 0.914. The van der Waals surface area contributed by atoms with Gasteiger partial charge in [-0.25, -0.2) is 4.98 Å². The van der Waals surface area contributed by atoms with Crippen LogP contribution in [0.1, 0.15) is 35.3 Å². The number of carboxylic acids is 1. The second kappa shape index (κ2) is 5.95. The van der Waals surface area contributed by atoms with Crippen LogP contribution in [-0.2, 0) is 4.79 Å². The Morgan fingerprint density at radius 2 is 2.24 bits per heavy atom. The molecule has 1 aliphatic carbocycles. The molecule has 2 heterocycles. The highest BCUT2D eigenvalue weighted by Crippen LogP contribution is 2.49. The molecule has 1 saturated carbocycles. The number of carbonyl (C=O) groups is 2. The third-order valence-electron chi connectivity index (χ3n) is 5.56. The van der Waals surface area contributed by atoms with Gasteiger partial charge in [-0.2, -0.15) is 0 Å². The number of hydrogen-bond donors (Lipinski definition) is 1. The van der Waals surface area contributed by atoms with Gasteiger partial charge >= 0.3 is 5.97 Å². The normalized spacial score (nSPS) is 25.2. The van der Waals surface area contributed by atoms with E-state index in [-0.39, 0.29) is 11.8 Å². The molecule has 4 rings (SSSR count). The summed E-state index contributed by atoms with van der Waals surface area (Å²) in [6.45, 7) is 2.82. The smallest absolute Gasteiger partial charge is 0.311 e. The van der Waals surface area contributed by atoms with Crippen molar-refractivity contribution >= 4 is 23.2 Å². The average molecular weight is 356 g/mol. The first kappa shape index (κ1) is 16.3. The van der Waals surface area contributed by atoms with Gasteiger partial charge in [0, 0.05) is 35.3 Å². The van der Waals surface area contributed by atoms with Crippen molar-refractivity contribution in [2.24, 2.45) is 11.3 Å². The van der Waals surface area contributed by atoms with Crippen LogP contribution in [0.3, 0.4) is 0 Å². The highest BCUT2D eigenvalue weighted by Gasteiger charge is 2.55. The number of carboxylic acid groups (broad SMARTS) is 1. The Morgan fingerprint density at radius 3 is 2.92 bits per heavy atom. The third-order valence-corrected chi connectivity index (χ3v) is 6.57. The van der Waals surface area contributed by atoms with Gasteiger partial charge in [0.05, 0.1) is 5.41 Å². The predicted molar refractivity (Wildman–Crippen MR) is 95.6 cm³/mol. The molecule has 2 aromatic rings. The lowest BCUT2D eigenvalue weighted by molar-refractivity contribution is -0.149. The Bertz CT molecular complexity index is 847. The summed E-state index contributed by atoms with van der Waals surface area (Å²) >= 11 is 1.56. The molecule has 1 saturated heterocycles. The first-order valence-electron chi connectivity index (χ1n) is 8.55. The van der Waals surface area contributed by atoms with Crippen LogP contribution < -0.4 is 0 Å². The zero-order chi connectivity index (χ0) is 17.6. The SMILES string of the molecule is Cc1csc(-c2cccc(C(=O)N3C[C@@H]4CCC[C@@]4(C(=O)O)C3)c2)n1. The molecule has 6 heteroatoms. The van der Waals surface area contributed by atoms with Crippen molar-refractivity contribution in [3.05, 3.63) is 40.9 Å². The maximum Gasteiger partial charge on any atom is 0.311 e. The molecule has 1 aromatic heterocycles. The first-order valence-corrected chi connectivity index (χ1v) is 9.43. The van der Waals surface area contributed by atoms with Crippen molar-refractivity contribution in [2.45, 2.75) is 26.2 Å². The summed E-state index contributed by atoms with van der Waals surface area (Å²) in [7, 11) is 0. The molecule has 1 aromatic carbocycles. The maximum absolute atomic E-state index is 12.9. The maximum atomic E-state index is 12.9. The van der Waals surface area contributed by atoms with Crippen LogP contribution in [-0.4, -0.2) is 40.0 Å². The molecule has 2 aliphatic rings. The summed E-state index contributed by atoms with van der Waals surface area (Å²) in [4.78, 5) is 31.0. The van der Waals surface area contributed by atoms with Gasteiger partial charge in [0.2, 0.25) is 0 Å². The number of benzene rings is 1. The molecule has 0 spiro atoms. The van der Waals surface area contributed by atoms with E-state index >= 15 is 0 Å². The van der Waals surface area contributed by atoms with Gasteiger partial charge in [-0.05, 0) is 37.8 Å². The molecule has 0 unspecified atom stereocenters. The highest BCUT2D eigenvalue weighted by atomic mass is 32.1. The van der Waals surface area contributed by atoms with Crippen LogP contribution in [0, 0.1) is 18.3 Å². The van der Waals surface area contributed by atoms with Gasteiger partial charge in [0.1, 0.15) is 5.01 Å². The van der Waals surface area contributed by atoms with Crippen LogP contribution in [0.5, 0.6) is 0 Å². The molecular weight excluding hydrogens is 336 g/mol. The van der Waals surface area contributed by atoms with E-state index < -0.39 is 11.4 Å². The largest absolute Gasteiger partial charge is 0.481 e. The number of aromatic nitrogens is 1. The van der Waals surface area contributed by atoms with E-state index in [4.69, 9.17) is 0 Å². The van der Waals surface area contributed by atoms with Crippen molar-refractivity contribution in [3.8, 4) is 10.6 Å². The Hall–Kier alpha value is -2.21. The topological polar surface area (TPSA) is 70.5 Å². The molecule has 2 fully saturated rings. The van der Waals surface area contributed by atoms with Gasteiger partial charge in [-0.1, -0.05) is 18.6 Å². The van der Waals surface area contributed by atoms with E-state index in [1.165, 1.54) is 0 Å². The molecule has 1 amide bonds. The summed E-state index contributed by atoms with van der Waals surface area (Å²) in [5.74, 6) is -0.749. The Labute approximate surface area is 150 Å². The predicted octanol–water partition coefficient (Wildman–Crippen LogP) is 3.45. The van der Waals surface area contributed by atoms with Crippen LogP contribution in [0.25, 0.3) is 10.6 Å². The minimum Gasteiger partial charge on any atom is -0.481 e. The molecule has 2 atom stereocenters. The fourth-order valence-corrected chi connectivity index (χ4v) is 5.04. The summed E-state index contributed by atoms with van der Waals surface area (Å²) in [6, 6.07) is 7.48. The minimum atomic E-state index is -0.752. The van der Waals surface area contributed by atoms with E-state index in [9.17, 15) is 14.7 Å². The molecule has 0 radical (unpaired) electrons. The summed E-state index contributed by atoms with van der Waals surface area (Å²) < 4.78 is 0. The Morgan fingerprint density at radius 1 is 1.40 bits per heavy atom. The number of aryl methyl sites for hydroxylation is 1. The third kappa shape index (κ3) is 2.65. The van der Waals surface area contributed by atoms with Gasteiger partial charge in [0.15, 0.2) is 0 Å². The lowest BCUT2D eigenvalue weighted by Crippen LogP contribution is -2.37. The Kier molecular flexibility index (Phi) is 3.87. The lowest BCUT2D eigenvalue weighted by atomic mass is 9.81. The minimum absolute atomic E-state index is 0.0786. The zero-order valence-corrected chi connectivity index (χ0v) is 14.9. The van der Waals surface area contributed by atoms with E-state index in [1.54, 1.807) is 22.3 Å². The van der Waals surface area contributed by atoms with Crippen molar-refractivity contribution in [1.82, 2.24) is 9.88 Å². The van der Waals surface area contributed by atoms with Gasteiger partial charge in [-0.3, -0.25) is 9.59 Å². The summed E-state index contributed by atoms with van der Waals surface area (Å²) in [5, 5.41) is 12.6. The molecule has 130 valence electrons. The lowest BCUT2D eigenvalue weighted by Gasteiger charge is -2.23. The Balaban J connectivity index is 1.59. The number of aliphatic carboxylic acids is 1. The van der Waals surface area contributed by atoms with Crippen molar-refractivity contribution in [1.29, 1.82) is 0 Å². The monoisotopic (exact) mass is 356 g/mol. The molecule has 0 bridgehead atoms. The second-order valence-electron chi connectivity index (χ2n) is 7.11. The number of likely N-dealkylation sites (tertiary alicyclic amines) is 1. The number of rotatable bonds is 3.